The Morgan fingerprint density at radius 3 is 2.65 bits per heavy atom. The third-order valence-electron chi connectivity index (χ3n) is 2.26. The van der Waals surface area contributed by atoms with Crippen molar-refractivity contribution in [3.63, 3.8) is 0 Å². The maximum Gasteiger partial charge on any atom is 0.310 e. The van der Waals surface area contributed by atoms with Gasteiger partial charge in [0.2, 0.25) is 0 Å². The van der Waals surface area contributed by atoms with Gasteiger partial charge in [-0.2, -0.15) is 0 Å². The summed E-state index contributed by atoms with van der Waals surface area (Å²) in [6, 6.07) is 3.57. The Morgan fingerprint density at radius 1 is 1.41 bits per heavy atom. The molecule has 17 heavy (non-hydrogen) atoms. The minimum absolute atomic E-state index is 0.225. The number of rotatable bonds is 5. The first-order valence-corrected chi connectivity index (χ1v) is 6.69. The van der Waals surface area contributed by atoms with Gasteiger partial charge < -0.3 is 9.47 Å². The predicted molar refractivity (Wildman–Crippen MR) is 71.0 cm³/mol. The van der Waals surface area contributed by atoms with Crippen molar-refractivity contribution in [2.45, 2.75) is 18.7 Å². The molecule has 0 saturated carbocycles. The summed E-state index contributed by atoms with van der Waals surface area (Å²) in [6.45, 7) is 2.17. The minimum atomic E-state index is -0.251. The van der Waals surface area contributed by atoms with E-state index in [1.54, 1.807) is 26.2 Å². The number of ether oxygens (including phenoxy) is 2. The molecule has 0 heterocycles. The summed E-state index contributed by atoms with van der Waals surface area (Å²) >= 11 is 9.38. The Morgan fingerprint density at radius 2 is 2.12 bits per heavy atom. The SMILES string of the molecule is CCOC(=O)Cc1cc(OC)c(Cl)cc1CBr. The molecule has 0 aliphatic heterocycles. The van der Waals surface area contributed by atoms with E-state index in [4.69, 9.17) is 21.1 Å². The van der Waals surface area contributed by atoms with E-state index in [1.165, 1.54) is 0 Å². The lowest BCUT2D eigenvalue weighted by Gasteiger charge is -2.11. The third kappa shape index (κ3) is 3.89. The summed E-state index contributed by atoms with van der Waals surface area (Å²) in [5, 5.41) is 1.17. The van der Waals surface area contributed by atoms with Crippen LogP contribution in [0.4, 0.5) is 0 Å². The van der Waals surface area contributed by atoms with E-state index in [9.17, 15) is 4.79 Å². The number of esters is 1. The molecule has 0 spiro atoms. The Kier molecular flexibility index (Phi) is 5.78. The summed E-state index contributed by atoms with van der Waals surface area (Å²) in [4.78, 5) is 11.5. The lowest BCUT2D eigenvalue weighted by Crippen LogP contribution is -2.09. The number of benzene rings is 1. The van der Waals surface area contributed by atoms with E-state index in [0.717, 1.165) is 11.1 Å². The normalized spacial score (nSPS) is 10.1. The van der Waals surface area contributed by atoms with Gasteiger partial charge in [0, 0.05) is 5.33 Å². The van der Waals surface area contributed by atoms with Crippen LogP contribution in [-0.2, 0) is 21.3 Å². The molecular weight excluding hydrogens is 307 g/mol. The highest BCUT2D eigenvalue weighted by Crippen LogP contribution is 2.29. The van der Waals surface area contributed by atoms with Crippen molar-refractivity contribution in [3.05, 3.63) is 28.3 Å². The van der Waals surface area contributed by atoms with Crippen molar-refractivity contribution in [1.29, 1.82) is 0 Å². The van der Waals surface area contributed by atoms with Crippen LogP contribution in [0.15, 0.2) is 12.1 Å². The van der Waals surface area contributed by atoms with Crippen molar-refractivity contribution >= 4 is 33.5 Å². The van der Waals surface area contributed by atoms with Gasteiger partial charge >= 0.3 is 5.97 Å². The van der Waals surface area contributed by atoms with Crippen LogP contribution in [0.2, 0.25) is 5.02 Å². The highest BCUT2D eigenvalue weighted by molar-refractivity contribution is 9.08. The van der Waals surface area contributed by atoms with E-state index in [-0.39, 0.29) is 12.4 Å². The molecule has 0 saturated heterocycles. The first-order valence-electron chi connectivity index (χ1n) is 5.19. The largest absolute Gasteiger partial charge is 0.495 e. The van der Waals surface area contributed by atoms with E-state index < -0.39 is 0 Å². The maximum atomic E-state index is 11.5. The molecule has 0 unspecified atom stereocenters. The predicted octanol–water partition coefficient (Wildman–Crippen LogP) is 3.35. The first kappa shape index (κ1) is 14.3. The Labute approximate surface area is 114 Å². The van der Waals surface area contributed by atoms with E-state index in [0.29, 0.717) is 22.7 Å². The quantitative estimate of drug-likeness (QED) is 0.616. The lowest BCUT2D eigenvalue weighted by molar-refractivity contribution is -0.142. The molecule has 0 amide bonds. The second-order valence-corrected chi connectivity index (χ2v) is 4.34. The van der Waals surface area contributed by atoms with Gasteiger partial charge in [-0.3, -0.25) is 4.79 Å². The Hall–Kier alpha value is -0.740. The van der Waals surface area contributed by atoms with Crippen molar-refractivity contribution in [2.24, 2.45) is 0 Å². The highest BCUT2D eigenvalue weighted by Gasteiger charge is 2.12. The van der Waals surface area contributed by atoms with E-state index in [1.807, 2.05) is 0 Å². The zero-order valence-electron chi connectivity index (χ0n) is 9.76. The van der Waals surface area contributed by atoms with Gasteiger partial charge in [-0.1, -0.05) is 27.5 Å². The molecule has 1 aromatic rings. The van der Waals surface area contributed by atoms with Gasteiger partial charge in [0.05, 0.1) is 25.2 Å². The molecule has 1 aromatic carbocycles. The zero-order chi connectivity index (χ0) is 12.8. The number of carbonyl (C=O) groups is 1. The monoisotopic (exact) mass is 320 g/mol. The number of hydrogen-bond acceptors (Lipinski definition) is 3. The lowest BCUT2D eigenvalue weighted by atomic mass is 10.1. The van der Waals surface area contributed by atoms with Gasteiger partial charge in [0.25, 0.3) is 0 Å². The molecular formula is C12H14BrClO3. The van der Waals surface area contributed by atoms with E-state index >= 15 is 0 Å². The Bertz CT molecular complexity index is 407. The van der Waals surface area contributed by atoms with Crippen LogP contribution in [0, 0.1) is 0 Å². The summed E-state index contributed by atoms with van der Waals surface area (Å²) in [6.07, 6.45) is 0.225. The van der Waals surface area contributed by atoms with Gasteiger partial charge in [-0.15, -0.1) is 0 Å². The third-order valence-corrected chi connectivity index (χ3v) is 3.16. The van der Waals surface area contributed by atoms with Crippen LogP contribution in [0.5, 0.6) is 5.75 Å². The Balaban J connectivity index is 2.99. The summed E-state index contributed by atoms with van der Waals surface area (Å²) < 4.78 is 10.0. The first-order chi connectivity index (χ1) is 8.12. The van der Waals surface area contributed by atoms with Crippen molar-refractivity contribution in [3.8, 4) is 5.75 Å². The van der Waals surface area contributed by atoms with Crippen molar-refractivity contribution in [2.75, 3.05) is 13.7 Å². The summed E-state index contributed by atoms with van der Waals surface area (Å²) in [5.74, 6) is 0.315. The average Bonchev–Trinajstić information content (AvgIpc) is 2.31. The minimum Gasteiger partial charge on any atom is -0.495 e. The average molecular weight is 322 g/mol. The van der Waals surface area contributed by atoms with Gasteiger partial charge in [-0.25, -0.2) is 0 Å². The molecule has 5 heteroatoms. The van der Waals surface area contributed by atoms with Crippen LogP contribution < -0.4 is 4.74 Å². The molecule has 0 bridgehead atoms. The summed E-state index contributed by atoms with van der Waals surface area (Å²) in [7, 11) is 1.54. The van der Waals surface area contributed by atoms with Crippen molar-refractivity contribution in [1.82, 2.24) is 0 Å². The molecule has 94 valence electrons. The number of alkyl halides is 1. The molecule has 0 aliphatic rings. The number of halogens is 2. The maximum absolute atomic E-state index is 11.5. The fraction of sp³-hybridized carbons (Fsp3) is 0.417. The molecule has 0 atom stereocenters. The van der Waals surface area contributed by atoms with Crippen LogP contribution in [-0.4, -0.2) is 19.7 Å². The van der Waals surface area contributed by atoms with Gasteiger partial charge in [0.1, 0.15) is 5.75 Å². The molecule has 0 radical (unpaired) electrons. The molecule has 1 rings (SSSR count). The topological polar surface area (TPSA) is 35.5 Å². The second-order valence-electron chi connectivity index (χ2n) is 3.37. The number of methoxy groups -OCH3 is 1. The van der Waals surface area contributed by atoms with E-state index in [2.05, 4.69) is 15.9 Å². The van der Waals surface area contributed by atoms with Crippen LogP contribution in [0.1, 0.15) is 18.1 Å². The van der Waals surface area contributed by atoms with Crippen molar-refractivity contribution < 1.29 is 14.3 Å². The molecule has 3 nitrogen and oxygen atoms in total. The second kappa shape index (κ2) is 6.87. The van der Waals surface area contributed by atoms with Crippen LogP contribution >= 0.6 is 27.5 Å². The van der Waals surface area contributed by atoms with Gasteiger partial charge in [0.15, 0.2) is 0 Å². The zero-order valence-corrected chi connectivity index (χ0v) is 12.1. The smallest absolute Gasteiger partial charge is 0.310 e. The number of hydrogen-bond donors (Lipinski definition) is 0. The standard InChI is InChI=1S/C12H14BrClO3/c1-3-17-12(15)6-8-5-11(16-2)10(14)4-9(8)7-13/h4-5H,3,6-7H2,1-2H3. The summed E-state index contributed by atoms with van der Waals surface area (Å²) in [5.41, 5.74) is 1.82. The fourth-order valence-corrected chi connectivity index (χ4v) is 2.23. The molecule has 0 N–H and O–H groups in total. The molecule has 0 fully saturated rings. The van der Waals surface area contributed by atoms with Crippen LogP contribution in [0.3, 0.4) is 0 Å². The highest BCUT2D eigenvalue weighted by atomic mass is 79.9. The van der Waals surface area contributed by atoms with Crippen LogP contribution in [0.25, 0.3) is 0 Å². The fourth-order valence-electron chi connectivity index (χ4n) is 1.45. The van der Waals surface area contributed by atoms with Gasteiger partial charge in [-0.05, 0) is 30.2 Å². The number of carbonyl (C=O) groups excluding carboxylic acids is 1. The molecule has 0 aliphatic carbocycles. The molecule has 0 aromatic heterocycles.